The molecule has 9 heteroatoms. The van der Waals surface area contributed by atoms with E-state index < -0.39 is 11.9 Å². The summed E-state index contributed by atoms with van der Waals surface area (Å²) in [6.45, 7) is 4.06. The van der Waals surface area contributed by atoms with Gasteiger partial charge in [0.1, 0.15) is 17.6 Å². The maximum absolute atomic E-state index is 11.5. The van der Waals surface area contributed by atoms with E-state index in [0.717, 1.165) is 11.8 Å². The SMILES string of the molecule is CC(C)N1C(=S)N[C@@H](c2ccccn2)[C@@H]1c1ccc(-c2cc(C(=O)O)cc(C(=O)O)c2)o1. The second-order valence-corrected chi connectivity index (χ2v) is 8.13. The third kappa shape index (κ3) is 3.94. The van der Waals surface area contributed by atoms with E-state index in [2.05, 4.69) is 10.3 Å². The molecular weight excluding hydrogens is 430 g/mol. The fraction of sp³-hybridized carbons (Fsp3) is 0.217. The topological polar surface area (TPSA) is 116 Å². The molecule has 0 bridgehead atoms. The quantitative estimate of drug-likeness (QED) is 0.476. The molecule has 0 radical (unpaired) electrons. The third-order valence-corrected chi connectivity index (χ3v) is 5.65. The van der Waals surface area contributed by atoms with Crippen molar-refractivity contribution in [1.82, 2.24) is 15.2 Å². The van der Waals surface area contributed by atoms with Gasteiger partial charge in [0.15, 0.2) is 5.11 Å². The molecule has 164 valence electrons. The van der Waals surface area contributed by atoms with Gasteiger partial charge in [-0.2, -0.15) is 0 Å². The summed E-state index contributed by atoms with van der Waals surface area (Å²) in [5.41, 5.74) is 0.919. The second kappa shape index (κ2) is 8.43. The van der Waals surface area contributed by atoms with Gasteiger partial charge >= 0.3 is 11.9 Å². The average Bonchev–Trinajstić information content (AvgIpc) is 3.38. The summed E-state index contributed by atoms with van der Waals surface area (Å²) in [6, 6.07) is 12.6. The first-order valence-electron chi connectivity index (χ1n) is 9.98. The summed E-state index contributed by atoms with van der Waals surface area (Å²) in [4.78, 5) is 29.4. The van der Waals surface area contributed by atoms with Crippen LogP contribution in [0.5, 0.6) is 0 Å². The van der Waals surface area contributed by atoms with Crippen molar-refractivity contribution in [2.75, 3.05) is 0 Å². The summed E-state index contributed by atoms with van der Waals surface area (Å²) in [5.74, 6) is -1.46. The zero-order valence-electron chi connectivity index (χ0n) is 17.4. The van der Waals surface area contributed by atoms with E-state index in [9.17, 15) is 19.8 Å². The number of hydrogen-bond acceptors (Lipinski definition) is 5. The monoisotopic (exact) mass is 451 g/mol. The number of aromatic nitrogens is 1. The Morgan fingerprint density at radius 1 is 1.09 bits per heavy atom. The van der Waals surface area contributed by atoms with Crippen LogP contribution in [0.15, 0.2) is 59.1 Å². The molecule has 2 atom stereocenters. The third-order valence-electron chi connectivity index (χ3n) is 5.32. The minimum atomic E-state index is -1.22. The number of benzene rings is 1. The number of nitrogens with one attached hydrogen (secondary N) is 1. The van der Waals surface area contributed by atoms with Gasteiger partial charge in [-0.25, -0.2) is 9.59 Å². The molecule has 3 N–H and O–H groups in total. The molecule has 0 unspecified atom stereocenters. The van der Waals surface area contributed by atoms with Crippen LogP contribution in [-0.2, 0) is 0 Å². The highest BCUT2D eigenvalue weighted by Crippen LogP contribution is 2.41. The molecule has 3 heterocycles. The van der Waals surface area contributed by atoms with Crippen LogP contribution < -0.4 is 5.32 Å². The van der Waals surface area contributed by atoms with Crippen LogP contribution >= 0.6 is 12.2 Å². The molecule has 8 nitrogen and oxygen atoms in total. The molecule has 1 saturated heterocycles. The Bertz CT molecular complexity index is 1160. The second-order valence-electron chi connectivity index (χ2n) is 7.74. The van der Waals surface area contributed by atoms with Crippen molar-refractivity contribution >= 4 is 29.3 Å². The summed E-state index contributed by atoms with van der Waals surface area (Å²) in [6.07, 6.45) is 1.72. The molecule has 0 amide bonds. The van der Waals surface area contributed by atoms with Crippen LogP contribution in [0.4, 0.5) is 0 Å². The summed E-state index contributed by atoms with van der Waals surface area (Å²) < 4.78 is 6.15. The molecular formula is C23H21N3O5S. The number of carboxylic acids is 2. The van der Waals surface area contributed by atoms with Crippen LogP contribution in [-0.4, -0.2) is 43.2 Å². The Morgan fingerprint density at radius 2 is 1.78 bits per heavy atom. The molecule has 1 aliphatic heterocycles. The number of rotatable bonds is 6. The summed E-state index contributed by atoms with van der Waals surface area (Å²) in [7, 11) is 0. The zero-order valence-corrected chi connectivity index (χ0v) is 18.2. The fourth-order valence-electron chi connectivity index (χ4n) is 3.91. The molecule has 2 aromatic heterocycles. The maximum Gasteiger partial charge on any atom is 0.335 e. The molecule has 0 spiro atoms. The Balaban J connectivity index is 1.78. The van der Waals surface area contributed by atoms with Gasteiger partial charge in [0.2, 0.25) is 0 Å². The molecule has 1 aliphatic rings. The largest absolute Gasteiger partial charge is 0.478 e. The van der Waals surface area contributed by atoms with Crippen molar-refractivity contribution in [3.05, 3.63) is 77.3 Å². The first kappa shape index (κ1) is 21.5. The van der Waals surface area contributed by atoms with Gasteiger partial charge in [-0.05, 0) is 68.5 Å². The predicted molar refractivity (Wildman–Crippen MR) is 120 cm³/mol. The van der Waals surface area contributed by atoms with Crippen LogP contribution in [0.25, 0.3) is 11.3 Å². The maximum atomic E-state index is 11.5. The van der Waals surface area contributed by atoms with E-state index in [1.807, 2.05) is 36.9 Å². The average molecular weight is 452 g/mol. The van der Waals surface area contributed by atoms with E-state index >= 15 is 0 Å². The number of aromatic carboxylic acids is 2. The Labute approximate surface area is 189 Å². The van der Waals surface area contributed by atoms with Crippen LogP contribution in [0, 0.1) is 0 Å². The minimum absolute atomic E-state index is 0.0798. The molecule has 32 heavy (non-hydrogen) atoms. The molecule has 4 rings (SSSR count). The van der Waals surface area contributed by atoms with Crippen LogP contribution in [0.3, 0.4) is 0 Å². The lowest BCUT2D eigenvalue weighted by Gasteiger charge is -2.29. The predicted octanol–water partition coefficient (Wildman–Crippen LogP) is 4.12. The van der Waals surface area contributed by atoms with E-state index in [1.54, 1.807) is 18.3 Å². The van der Waals surface area contributed by atoms with E-state index in [4.69, 9.17) is 16.6 Å². The first-order chi connectivity index (χ1) is 15.3. The number of thiocarbonyl (C=S) groups is 1. The number of carboxylic acid groups (broad SMARTS) is 2. The highest BCUT2D eigenvalue weighted by atomic mass is 32.1. The van der Waals surface area contributed by atoms with Gasteiger partial charge in [0, 0.05) is 17.8 Å². The fourth-order valence-corrected chi connectivity index (χ4v) is 4.36. The number of pyridine rings is 1. The van der Waals surface area contributed by atoms with Crippen molar-refractivity contribution in [2.45, 2.75) is 32.0 Å². The van der Waals surface area contributed by atoms with Crippen molar-refractivity contribution < 1.29 is 24.2 Å². The van der Waals surface area contributed by atoms with Gasteiger partial charge in [-0.15, -0.1) is 0 Å². The van der Waals surface area contributed by atoms with Gasteiger partial charge in [-0.3, -0.25) is 4.98 Å². The molecule has 0 saturated carbocycles. The highest BCUT2D eigenvalue weighted by molar-refractivity contribution is 7.80. The zero-order chi connectivity index (χ0) is 23.0. The van der Waals surface area contributed by atoms with Gasteiger partial charge in [0.25, 0.3) is 0 Å². The molecule has 3 aromatic rings. The highest BCUT2D eigenvalue weighted by Gasteiger charge is 2.42. The smallest absolute Gasteiger partial charge is 0.335 e. The summed E-state index contributed by atoms with van der Waals surface area (Å²) in [5, 5.41) is 22.6. The van der Waals surface area contributed by atoms with Crippen molar-refractivity contribution in [3.63, 3.8) is 0 Å². The number of carbonyl (C=O) groups is 2. The van der Waals surface area contributed by atoms with E-state index in [-0.39, 0.29) is 29.3 Å². The lowest BCUT2D eigenvalue weighted by molar-refractivity contribution is 0.0696. The lowest BCUT2D eigenvalue weighted by atomic mass is 10.0. The van der Waals surface area contributed by atoms with Gasteiger partial charge in [-0.1, -0.05) is 6.07 Å². The van der Waals surface area contributed by atoms with Gasteiger partial charge in [0.05, 0.1) is 22.9 Å². The number of nitrogens with zero attached hydrogens (tertiary/aromatic N) is 2. The van der Waals surface area contributed by atoms with Crippen molar-refractivity contribution in [3.8, 4) is 11.3 Å². The number of hydrogen-bond donors (Lipinski definition) is 3. The Kier molecular flexibility index (Phi) is 5.67. The molecule has 0 aliphatic carbocycles. The Hall–Kier alpha value is -3.72. The van der Waals surface area contributed by atoms with Crippen molar-refractivity contribution in [2.24, 2.45) is 0 Å². The Morgan fingerprint density at radius 3 is 2.34 bits per heavy atom. The lowest BCUT2D eigenvalue weighted by Crippen LogP contribution is -2.35. The first-order valence-corrected chi connectivity index (χ1v) is 10.4. The van der Waals surface area contributed by atoms with Gasteiger partial charge < -0.3 is 24.8 Å². The van der Waals surface area contributed by atoms with Crippen LogP contribution in [0.2, 0.25) is 0 Å². The minimum Gasteiger partial charge on any atom is -0.478 e. The molecule has 1 fully saturated rings. The van der Waals surface area contributed by atoms with Crippen LogP contribution in [0.1, 0.15) is 58.1 Å². The number of furan rings is 1. The normalized spacial score (nSPS) is 18.1. The van der Waals surface area contributed by atoms with E-state index in [1.165, 1.54) is 12.1 Å². The molecule has 1 aromatic carbocycles. The summed E-state index contributed by atoms with van der Waals surface area (Å²) >= 11 is 5.58. The standard InChI is InChI=1S/C23H21N3O5S/c1-12(2)26-20(19(25-23(26)32)16-5-3-4-8-24-16)18-7-6-17(31-18)13-9-14(21(27)28)11-15(10-13)22(29)30/h3-12,19-20H,1-2H3,(H,25,32)(H,27,28)(H,29,30)/t19-,20-/m0/s1. The van der Waals surface area contributed by atoms with E-state index in [0.29, 0.717) is 22.2 Å². The van der Waals surface area contributed by atoms with Crippen molar-refractivity contribution in [1.29, 1.82) is 0 Å².